The molecule has 0 unspecified atom stereocenters. The molecule has 2 N–H and O–H groups in total. The lowest BCUT2D eigenvalue weighted by molar-refractivity contribution is 0.102. The molecule has 1 heterocycles. The third kappa shape index (κ3) is 3.56. The van der Waals surface area contributed by atoms with Gasteiger partial charge in [0.15, 0.2) is 0 Å². The zero-order chi connectivity index (χ0) is 18.0. The quantitative estimate of drug-likeness (QED) is 0.765. The van der Waals surface area contributed by atoms with E-state index in [0.717, 1.165) is 12.1 Å². The van der Waals surface area contributed by atoms with Gasteiger partial charge in [0.05, 0.1) is 12.2 Å². The van der Waals surface area contributed by atoms with Crippen molar-refractivity contribution in [3.05, 3.63) is 71.4 Å². The smallest absolute Gasteiger partial charge is 0.259 e. The zero-order valence-corrected chi connectivity index (χ0v) is 13.3. The van der Waals surface area contributed by atoms with E-state index in [1.807, 2.05) is 0 Å². The van der Waals surface area contributed by atoms with Gasteiger partial charge in [0.25, 0.3) is 5.91 Å². The molecule has 1 amide bonds. The maximum absolute atomic E-state index is 14.1. The van der Waals surface area contributed by atoms with Gasteiger partial charge in [-0.2, -0.15) is 5.10 Å². The summed E-state index contributed by atoms with van der Waals surface area (Å²) in [5.41, 5.74) is 1.45. The lowest BCUT2D eigenvalue weighted by atomic mass is 10.1. The van der Waals surface area contributed by atoms with Crippen molar-refractivity contribution in [2.24, 2.45) is 7.05 Å². The predicted octanol–water partition coefficient (Wildman–Crippen LogP) is 3.11. The molecule has 0 aliphatic rings. The second kappa shape index (κ2) is 6.82. The van der Waals surface area contributed by atoms with Crippen LogP contribution in [0.25, 0.3) is 11.3 Å². The normalized spacial score (nSPS) is 10.7. The molecule has 0 aliphatic carbocycles. The maximum Gasteiger partial charge on any atom is 0.259 e. The highest BCUT2D eigenvalue weighted by atomic mass is 19.1. The summed E-state index contributed by atoms with van der Waals surface area (Å²) in [6, 6.07) is 9.83. The molecule has 2 aromatic carbocycles. The number of aromatic nitrogens is 2. The molecule has 0 atom stereocenters. The fourth-order valence-corrected chi connectivity index (χ4v) is 2.48. The van der Waals surface area contributed by atoms with E-state index >= 15 is 0 Å². The fraction of sp³-hybridized carbons (Fsp3) is 0.111. The number of aryl methyl sites for hydroxylation is 1. The largest absolute Gasteiger partial charge is 0.392 e. The minimum Gasteiger partial charge on any atom is -0.392 e. The van der Waals surface area contributed by atoms with Gasteiger partial charge in [0.1, 0.15) is 17.3 Å². The Morgan fingerprint density at radius 2 is 2.04 bits per heavy atom. The number of benzene rings is 2. The Bertz CT molecular complexity index is 938. The number of amides is 1. The summed E-state index contributed by atoms with van der Waals surface area (Å²) >= 11 is 0. The van der Waals surface area contributed by atoms with Crippen molar-refractivity contribution in [1.29, 1.82) is 0 Å². The van der Waals surface area contributed by atoms with Gasteiger partial charge in [0, 0.05) is 30.6 Å². The van der Waals surface area contributed by atoms with E-state index in [0.29, 0.717) is 11.3 Å². The number of carbonyl (C=O) groups excluding carboxylic acids is 1. The minimum atomic E-state index is -0.796. The van der Waals surface area contributed by atoms with E-state index < -0.39 is 17.5 Å². The Kier molecular flexibility index (Phi) is 4.58. The third-order valence-electron chi connectivity index (χ3n) is 3.63. The van der Waals surface area contributed by atoms with Gasteiger partial charge in [-0.15, -0.1) is 0 Å². The highest BCUT2D eigenvalue weighted by molar-refractivity contribution is 6.08. The molecule has 3 rings (SSSR count). The van der Waals surface area contributed by atoms with E-state index in [-0.39, 0.29) is 23.4 Å². The fourth-order valence-electron chi connectivity index (χ4n) is 2.48. The second-order valence-corrected chi connectivity index (χ2v) is 5.50. The zero-order valence-electron chi connectivity index (χ0n) is 13.3. The van der Waals surface area contributed by atoms with Gasteiger partial charge >= 0.3 is 0 Å². The number of anilines is 1. The van der Waals surface area contributed by atoms with Crippen LogP contribution in [-0.4, -0.2) is 20.8 Å². The second-order valence-electron chi connectivity index (χ2n) is 5.50. The first-order chi connectivity index (χ1) is 12.0. The molecule has 0 radical (unpaired) electrons. The summed E-state index contributed by atoms with van der Waals surface area (Å²) in [6.45, 7) is -0.150. The van der Waals surface area contributed by atoms with Gasteiger partial charge in [-0.3, -0.25) is 9.48 Å². The monoisotopic (exact) mass is 343 g/mol. The molecule has 7 heteroatoms. The first-order valence-corrected chi connectivity index (χ1v) is 7.48. The molecule has 3 aromatic rings. The van der Waals surface area contributed by atoms with E-state index in [1.54, 1.807) is 31.3 Å². The third-order valence-corrected chi connectivity index (χ3v) is 3.63. The Hall–Kier alpha value is -3.06. The number of hydrogen-bond donors (Lipinski definition) is 2. The average Bonchev–Trinajstić information content (AvgIpc) is 2.96. The summed E-state index contributed by atoms with van der Waals surface area (Å²) in [6.07, 6.45) is 1.46. The van der Waals surface area contributed by atoms with Crippen molar-refractivity contribution in [2.75, 3.05) is 5.32 Å². The number of aliphatic hydroxyl groups is 1. The number of carbonyl (C=O) groups is 1. The van der Waals surface area contributed by atoms with Crippen LogP contribution in [0.2, 0.25) is 0 Å². The van der Waals surface area contributed by atoms with Crippen LogP contribution in [0.5, 0.6) is 0 Å². The number of halogens is 2. The maximum atomic E-state index is 14.1. The Labute approximate surface area is 142 Å². The predicted molar refractivity (Wildman–Crippen MR) is 88.9 cm³/mol. The van der Waals surface area contributed by atoms with E-state index in [4.69, 9.17) is 5.11 Å². The van der Waals surface area contributed by atoms with Crippen LogP contribution in [0.1, 0.15) is 15.9 Å². The van der Waals surface area contributed by atoms with Crippen LogP contribution < -0.4 is 5.32 Å². The minimum absolute atomic E-state index is 0.0382. The van der Waals surface area contributed by atoms with Gasteiger partial charge < -0.3 is 10.4 Å². The molecular formula is C18H15F2N3O2. The summed E-state index contributed by atoms with van der Waals surface area (Å²) in [4.78, 5) is 12.6. The van der Waals surface area contributed by atoms with Crippen LogP contribution >= 0.6 is 0 Å². The Morgan fingerprint density at radius 3 is 2.76 bits per heavy atom. The van der Waals surface area contributed by atoms with Crippen molar-refractivity contribution < 1.29 is 18.7 Å². The first-order valence-electron chi connectivity index (χ1n) is 7.48. The van der Waals surface area contributed by atoms with Crippen LogP contribution in [-0.2, 0) is 13.7 Å². The SMILES string of the molecule is Cn1cc(C(=O)Nc2cccc(CO)c2)c(-c2ccc(F)cc2F)n1. The van der Waals surface area contributed by atoms with Gasteiger partial charge in [-0.1, -0.05) is 12.1 Å². The summed E-state index contributed by atoms with van der Waals surface area (Å²) in [5, 5.41) is 16.0. The average molecular weight is 343 g/mol. The van der Waals surface area contributed by atoms with E-state index in [9.17, 15) is 13.6 Å². The molecule has 25 heavy (non-hydrogen) atoms. The standard InChI is InChI=1S/C18H15F2N3O2/c1-23-9-15(17(22-23)14-6-5-12(19)8-16(14)20)18(25)21-13-4-2-3-11(7-13)10-24/h2-9,24H,10H2,1H3,(H,21,25). The molecule has 0 aliphatic heterocycles. The van der Waals surface area contributed by atoms with Crippen molar-refractivity contribution >= 4 is 11.6 Å². The number of aliphatic hydroxyl groups excluding tert-OH is 1. The van der Waals surface area contributed by atoms with Crippen LogP contribution in [0, 0.1) is 11.6 Å². The molecule has 5 nitrogen and oxygen atoms in total. The van der Waals surface area contributed by atoms with Crippen molar-refractivity contribution in [3.63, 3.8) is 0 Å². The molecule has 0 saturated heterocycles. The number of hydrogen-bond acceptors (Lipinski definition) is 3. The lowest BCUT2D eigenvalue weighted by Crippen LogP contribution is -2.12. The topological polar surface area (TPSA) is 67.2 Å². The van der Waals surface area contributed by atoms with Gasteiger partial charge in [-0.25, -0.2) is 8.78 Å². The van der Waals surface area contributed by atoms with E-state index in [2.05, 4.69) is 10.4 Å². The summed E-state index contributed by atoms with van der Waals surface area (Å²) in [5.74, 6) is -1.99. The highest BCUT2D eigenvalue weighted by Crippen LogP contribution is 2.26. The lowest BCUT2D eigenvalue weighted by Gasteiger charge is -2.07. The first kappa shape index (κ1) is 16.8. The molecular weight excluding hydrogens is 328 g/mol. The van der Waals surface area contributed by atoms with Crippen LogP contribution in [0.15, 0.2) is 48.7 Å². The van der Waals surface area contributed by atoms with Crippen LogP contribution in [0.4, 0.5) is 14.5 Å². The molecule has 128 valence electrons. The van der Waals surface area contributed by atoms with Crippen LogP contribution in [0.3, 0.4) is 0 Å². The molecule has 0 fully saturated rings. The summed E-state index contributed by atoms with van der Waals surface area (Å²) in [7, 11) is 1.61. The molecule has 0 saturated carbocycles. The van der Waals surface area contributed by atoms with Gasteiger partial charge in [-0.05, 0) is 29.8 Å². The molecule has 1 aromatic heterocycles. The highest BCUT2D eigenvalue weighted by Gasteiger charge is 2.20. The number of nitrogens with zero attached hydrogens (tertiary/aromatic N) is 2. The van der Waals surface area contributed by atoms with E-state index in [1.165, 1.54) is 16.9 Å². The van der Waals surface area contributed by atoms with Crippen molar-refractivity contribution in [1.82, 2.24) is 9.78 Å². The van der Waals surface area contributed by atoms with Crippen molar-refractivity contribution in [3.8, 4) is 11.3 Å². The summed E-state index contributed by atoms with van der Waals surface area (Å²) < 4.78 is 28.6. The number of nitrogens with one attached hydrogen (secondary N) is 1. The Balaban J connectivity index is 1.96. The Morgan fingerprint density at radius 1 is 1.24 bits per heavy atom. The number of rotatable bonds is 4. The van der Waals surface area contributed by atoms with Gasteiger partial charge in [0.2, 0.25) is 0 Å². The molecule has 0 spiro atoms. The molecule has 0 bridgehead atoms. The van der Waals surface area contributed by atoms with Crippen molar-refractivity contribution in [2.45, 2.75) is 6.61 Å².